The first kappa shape index (κ1) is 34.5. The molecule has 1 N–H and O–H groups in total. The number of benzene rings is 3. The fraction of sp³-hybridized carbons (Fsp3) is 0.167. The first-order chi connectivity index (χ1) is 22.3. The van der Waals surface area contributed by atoms with Gasteiger partial charge in [-0.1, -0.05) is 97.2 Å². The van der Waals surface area contributed by atoms with Crippen LogP contribution in [0.25, 0.3) is 6.08 Å². The fourth-order valence-corrected chi connectivity index (χ4v) is 6.26. The molecule has 8 nitrogen and oxygen atoms in total. The molecule has 0 radical (unpaired) electrons. The van der Waals surface area contributed by atoms with Gasteiger partial charge in [0.25, 0.3) is 11.8 Å². The second-order valence-electron chi connectivity index (χ2n) is 9.78. The lowest BCUT2D eigenvalue weighted by molar-refractivity contribution is -0.126. The minimum atomic E-state index is -0.707. The van der Waals surface area contributed by atoms with Crippen molar-refractivity contribution in [2.75, 3.05) is 19.5 Å². The van der Waals surface area contributed by atoms with Crippen molar-refractivity contribution in [2.24, 2.45) is 4.99 Å². The first-order valence-electron chi connectivity index (χ1n) is 14.5. The lowest BCUT2D eigenvalue weighted by Gasteiger charge is -2.28. The number of thioether (sulfide) groups is 1. The predicted octanol–water partition coefficient (Wildman–Crippen LogP) is 7.09. The number of hydrogen-bond donors (Lipinski definition) is 1. The molecule has 0 aromatic heterocycles. The maximum atomic E-state index is 14.0. The van der Waals surface area contributed by atoms with E-state index in [1.54, 1.807) is 43.4 Å². The molecule has 0 spiro atoms. The number of rotatable bonds is 12. The number of ether oxygens (including phenoxy) is 2. The summed E-state index contributed by atoms with van der Waals surface area (Å²) >= 11 is 3.14. The maximum absolute atomic E-state index is 14.0. The van der Waals surface area contributed by atoms with E-state index in [0.29, 0.717) is 29.4 Å². The van der Waals surface area contributed by atoms with Crippen molar-refractivity contribution in [1.29, 1.82) is 0 Å². The van der Waals surface area contributed by atoms with Crippen LogP contribution in [-0.4, -0.2) is 47.3 Å². The third-order valence-corrected chi connectivity index (χ3v) is 8.50. The van der Waals surface area contributed by atoms with Crippen LogP contribution in [0.1, 0.15) is 36.6 Å². The number of allylic oxidation sites excluding steroid dienone is 4. The number of halogens is 1. The number of hydrogen-bond acceptors (Lipinski definition) is 6. The van der Waals surface area contributed by atoms with Gasteiger partial charge in [-0.2, -0.15) is 4.99 Å². The molecule has 46 heavy (non-hydrogen) atoms. The molecule has 1 aliphatic heterocycles. The molecule has 0 saturated heterocycles. The van der Waals surface area contributed by atoms with Crippen LogP contribution in [0.15, 0.2) is 120 Å². The maximum Gasteiger partial charge on any atom is 0.285 e. The highest BCUT2D eigenvalue weighted by molar-refractivity contribution is 14.1. The highest BCUT2D eigenvalue weighted by Crippen LogP contribution is 2.35. The Balaban J connectivity index is 1.65. The lowest BCUT2D eigenvalue weighted by atomic mass is 9.99. The van der Waals surface area contributed by atoms with Gasteiger partial charge in [0.1, 0.15) is 5.57 Å². The molecular formula is C36H34IN3O5S. The van der Waals surface area contributed by atoms with Gasteiger partial charge in [0.15, 0.2) is 16.7 Å². The smallest absolute Gasteiger partial charge is 0.285 e. The Morgan fingerprint density at radius 1 is 1.09 bits per heavy atom. The summed E-state index contributed by atoms with van der Waals surface area (Å²) < 4.78 is 12.0. The second-order valence-corrected chi connectivity index (χ2v) is 11.9. The average molecular weight is 748 g/mol. The number of aliphatic imine (C=N–C) groups is 1. The molecule has 0 bridgehead atoms. The van der Waals surface area contributed by atoms with Gasteiger partial charge in [-0.15, -0.1) is 0 Å². The molecule has 0 atom stereocenters. The van der Waals surface area contributed by atoms with E-state index in [2.05, 4.69) is 39.5 Å². The van der Waals surface area contributed by atoms with Gasteiger partial charge in [0.05, 0.1) is 29.1 Å². The van der Waals surface area contributed by atoms with Gasteiger partial charge in [-0.25, -0.2) is 0 Å². The van der Waals surface area contributed by atoms with E-state index in [-0.39, 0.29) is 28.4 Å². The zero-order chi connectivity index (χ0) is 33.1. The number of amides is 3. The molecule has 4 rings (SSSR count). The molecule has 0 fully saturated rings. The van der Waals surface area contributed by atoms with Crippen molar-refractivity contribution in [1.82, 2.24) is 10.2 Å². The molecule has 1 aliphatic rings. The van der Waals surface area contributed by atoms with Crippen molar-refractivity contribution < 1.29 is 23.9 Å². The summed E-state index contributed by atoms with van der Waals surface area (Å²) in [6, 6.07) is 22.4. The third kappa shape index (κ3) is 8.43. The summed E-state index contributed by atoms with van der Waals surface area (Å²) in [5, 5.41) is 3.19. The van der Waals surface area contributed by atoms with Crippen LogP contribution in [0.5, 0.6) is 11.5 Å². The van der Waals surface area contributed by atoms with Crippen LogP contribution in [0.2, 0.25) is 0 Å². The predicted molar refractivity (Wildman–Crippen MR) is 193 cm³/mol. The third-order valence-electron chi connectivity index (χ3n) is 6.76. The number of methoxy groups -OCH3 is 1. The van der Waals surface area contributed by atoms with Crippen LogP contribution in [0.3, 0.4) is 0 Å². The molecule has 3 aromatic rings. The number of amidine groups is 1. The van der Waals surface area contributed by atoms with Crippen molar-refractivity contribution in [3.05, 3.63) is 135 Å². The molecule has 0 unspecified atom stereocenters. The Hall–Kier alpha value is -4.42. The largest absolute Gasteiger partial charge is 0.493 e. The van der Waals surface area contributed by atoms with Gasteiger partial charge < -0.3 is 14.8 Å². The Labute approximate surface area is 287 Å². The topological polar surface area (TPSA) is 97.3 Å². The van der Waals surface area contributed by atoms with E-state index >= 15 is 0 Å². The van der Waals surface area contributed by atoms with Gasteiger partial charge in [0.2, 0.25) is 5.91 Å². The summed E-state index contributed by atoms with van der Waals surface area (Å²) in [6.07, 6.45) is 8.17. The molecule has 10 heteroatoms. The van der Waals surface area contributed by atoms with E-state index in [4.69, 9.17) is 9.47 Å². The molecule has 0 saturated carbocycles. The van der Waals surface area contributed by atoms with Crippen molar-refractivity contribution in [3.8, 4) is 11.5 Å². The van der Waals surface area contributed by atoms with Gasteiger partial charge in [-0.3, -0.25) is 19.3 Å². The van der Waals surface area contributed by atoms with E-state index in [1.165, 1.54) is 18.1 Å². The molecule has 0 aliphatic carbocycles. The molecule has 3 amide bonds. The summed E-state index contributed by atoms with van der Waals surface area (Å²) in [6.45, 7) is 7.82. The van der Waals surface area contributed by atoms with E-state index in [1.807, 2.05) is 67.6 Å². The summed E-state index contributed by atoms with van der Waals surface area (Å²) in [4.78, 5) is 46.3. The highest BCUT2D eigenvalue weighted by Gasteiger charge is 2.35. The second kappa shape index (κ2) is 16.8. The Morgan fingerprint density at radius 3 is 2.30 bits per heavy atom. The highest BCUT2D eigenvalue weighted by atomic mass is 127. The lowest BCUT2D eigenvalue weighted by Crippen LogP contribution is -2.42. The SMILES string of the molecule is C=C/C=C\C(=C/C)N1C(=O)/C(=C\c2cc(I)c(OCC)c(OC)c2)C(=O)N=C1SCC(=O)NC(c1ccccc1)c1ccccc1. The minimum Gasteiger partial charge on any atom is -0.493 e. The van der Waals surface area contributed by atoms with Gasteiger partial charge >= 0.3 is 0 Å². The molecule has 236 valence electrons. The Kier molecular flexibility index (Phi) is 12.6. The van der Waals surface area contributed by atoms with Crippen LogP contribution in [0, 0.1) is 3.57 Å². The van der Waals surface area contributed by atoms with Gasteiger partial charge in [-0.05, 0) is 77.4 Å². The van der Waals surface area contributed by atoms with Crippen LogP contribution in [-0.2, 0) is 14.4 Å². The normalized spacial score (nSPS) is 14.5. The monoisotopic (exact) mass is 747 g/mol. The van der Waals surface area contributed by atoms with Crippen molar-refractivity contribution in [2.45, 2.75) is 19.9 Å². The van der Waals surface area contributed by atoms with E-state index in [0.717, 1.165) is 26.5 Å². The number of nitrogens with one attached hydrogen (secondary N) is 1. The van der Waals surface area contributed by atoms with Crippen LogP contribution >= 0.6 is 34.4 Å². The number of carbonyl (C=O) groups excluding carboxylic acids is 3. The zero-order valence-corrected chi connectivity index (χ0v) is 28.7. The van der Waals surface area contributed by atoms with Crippen LogP contribution < -0.4 is 14.8 Å². The fourth-order valence-electron chi connectivity index (χ4n) is 4.67. The van der Waals surface area contributed by atoms with Crippen molar-refractivity contribution >= 4 is 63.3 Å². The van der Waals surface area contributed by atoms with Crippen LogP contribution in [0.4, 0.5) is 0 Å². The standard InChI is InChI=1S/C36H34IN3O5S/c1-5-8-19-27(6-2)40-35(43)28(20-24-21-29(37)33(45-7-3)30(22-24)44-4)34(42)39-36(40)46-23-31(41)38-32(25-15-11-9-12-16-25)26-17-13-10-14-18-26/h5-6,8-22,32H,1,7,23H2,2-4H3,(H,38,41)/b19-8-,27-6+,28-20-. The molecule has 3 aromatic carbocycles. The molecule has 1 heterocycles. The number of nitrogens with zero attached hydrogens (tertiary/aromatic N) is 2. The average Bonchev–Trinajstić information content (AvgIpc) is 3.07. The summed E-state index contributed by atoms with van der Waals surface area (Å²) in [5.41, 5.74) is 2.77. The minimum absolute atomic E-state index is 0.0818. The summed E-state index contributed by atoms with van der Waals surface area (Å²) in [7, 11) is 1.53. The Morgan fingerprint density at radius 2 is 1.74 bits per heavy atom. The van der Waals surface area contributed by atoms with E-state index < -0.39 is 11.8 Å². The quantitative estimate of drug-likeness (QED) is 0.0921. The summed E-state index contributed by atoms with van der Waals surface area (Å²) in [5.74, 6) is -0.585. The van der Waals surface area contributed by atoms with Crippen molar-refractivity contribution in [3.63, 3.8) is 0 Å². The van der Waals surface area contributed by atoms with Gasteiger partial charge in [0, 0.05) is 5.70 Å². The van der Waals surface area contributed by atoms with E-state index in [9.17, 15) is 14.4 Å². The first-order valence-corrected chi connectivity index (χ1v) is 16.5. The zero-order valence-electron chi connectivity index (χ0n) is 25.7. The Bertz CT molecular complexity index is 1680. The molecular weight excluding hydrogens is 713 g/mol. The number of carbonyl (C=O) groups is 3.